The summed E-state index contributed by atoms with van der Waals surface area (Å²) >= 11 is 1.06. The largest absolute Gasteiger partial charge is 0.573 e. The van der Waals surface area contributed by atoms with E-state index < -0.39 is 29.9 Å². The Balaban J connectivity index is 1.50. The minimum Gasteiger partial charge on any atom is -0.406 e. The zero-order valence-electron chi connectivity index (χ0n) is 23.6. The molecule has 0 spiro atoms. The van der Waals surface area contributed by atoms with Crippen molar-refractivity contribution in [3.05, 3.63) is 118 Å². The average Bonchev–Trinajstić information content (AvgIpc) is 3.39. The molecule has 4 rings (SSSR count). The van der Waals surface area contributed by atoms with Crippen molar-refractivity contribution in [1.29, 1.82) is 0 Å². The highest BCUT2D eigenvalue weighted by Crippen LogP contribution is 2.36. The maximum absolute atomic E-state index is 13.3. The lowest BCUT2D eigenvalue weighted by Crippen LogP contribution is -2.17. The molecule has 0 unspecified atom stereocenters. The van der Waals surface area contributed by atoms with Crippen LogP contribution in [0.4, 0.5) is 43.4 Å². The average molecular weight is 647 g/mol. The van der Waals surface area contributed by atoms with Crippen molar-refractivity contribution in [2.45, 2.75) is 26.4 Å². The number of anilines is 3. The van der Waals surface area contributed by atoms with Crippen molar-refractivity contribution in [2.24, 2.45) is 4.99 Å². The highest BCUT2D eigenvalue weighted by Gasteiger charge is 2.32. The van der Waals surface area contributed by atoms with Gasteiger partial charge in [0.1, 0.15) is 10.8 Å². The van der Waals surface area contributed by atoms with E-state index in [1.165, 1.54) is 30.5 Å². The molecule has 1 aliphatic rings. The van der Waals surface area contributed by atoms with Crippen LogP contribution >= 0.6 is 11.8 Å². The van der Waals surface area contributed by atoms with Crippen LogP contribution < -0.4 is 20.7 Å². The maximum atomic E-state index is 13.3. The highest BCUT2D eigenvalue weighted by molar-refractivity contribution is 8.19. The molecule has 14 heteroatoms. The molecule has 3 N–H and O–H groups in total. The second-order valence-corrected chi connectivity index (χ2v) is 10.5. The lowest BCUT2D eigenvalue weighted by Gasteiger charge is -2.12. The van der Waals surface area contributed by atoms with Crippen molar-refractivity contribution in [2.75, 3.05) is 16.0 Å². The van der Waals surface area contributed by atoms with Gasteiger partial charge < -0.3 is 20.7 Å². The summed E-state index contributed by atoms with van der Waals surface area (Å²) in [6.45, 7) is 7.02. The zero-order valence-corrected chi connectivity index (χ0v) is 24.4. The highest BCUT2D eigenvalue weighted by atomic mass is 32.2. The summed E-state index contributed by atoms with van der Waals surface area (Å²) in [5.74, 6) is -1.64. The van der Waals surface area contributed by atoms with Crippen molar-refractivity contribution in [1.82, 2.24) is 0 Å². The van der Waals surface area contributed by atoms with E-state index in [0.29, 0.717) is 33.3 Å². The molecule has 0 saturated carbocycles. The number of carbonyl (C=O) groups excluding carboxylic acids is 2. The number of nitrogens with one attached hydrogen (secondary N) is 3. The molecule has 2 amide bonds. The molecule has 0 atom stereocenters. The number of thioether (sulfide) groups is 1. The molecule has 234 valence electrons. The van der Waals surface area contributed by atoms with Gasteiger partial charge in [-0.2, -0.15) is 13.2 Å². The monoisotopic (exact) mass is 646 g/mol. The first-order valence-corrected chi connectivity index (χ1v) is 13.8. The van der Waals surface area contributed by atoms with E-state index in [2.05, 4.69) is 32.3 Å². The molecule has 0 aromatic heterocycles. The Hall–Kier alpha value is -4.98. The Kier molecular flexibility index (Phi) is 9.76. The Morgan fingerprint density at radius 1 is 0.889 bits per heavy atom. The number of alkyl halides is 6. The van der Waals surface area contributed by atoms with Gasteiger partial charge >= 0.3 is 12.5 Å². The SMILES string of the molecule is C=C/N=C1/SC(C(=O)Nc2cc(NC(=O)c3cccc(C(F)(F)F)c3)ccc2C)=C/C1=C(/C)Nc1ccc(OC(F)(F)F)cc1. The first kappa shape index (κ1) is 32.9. The maximum Gasteiger partial charge on any atom is 0.573 e. The van der Waals surface area contributed by atoms with Gasteiger partial charge in [-0.15, -0.1) is 13.2 Å². The number of ether oxygens (including phenoxy) is 1. The summed E-state index contributed by atoms with van der Waals surface area (Å²) < 4.78 is 80.4. The summed E-state index contributed by atoms with van der Waals surface area (Å²) in [7, 11) is 0. The summed E-state index contributed by atoms with van der Waals surface area (Å²) in [5.41, 5.74) is 1.64. The second-order valence-electron chi connectivity index (χ2n) is 9.48. The van der Waals surface area contributed by atoms with Crippen molar-refractivity contribution >= 4 is 45.7 Å². The van der Waals surface area contributed by atoms with E-state index in [1.54, 1.807) is 32.1 Å². The van der Waals surface area contributed by atoms with E-state index in [1.807, 2.05) is 0 Å². The van der Waals surface area contributed by atoms with Gasteiger partial charge in [0.15, 0.2) is 0 Å². The smallest absolute Gasteiger partial charge is 0.406 e. The van der Waals surface area contributed by atoms with Crippen LogP contribution in [-0.2, 0) is 11.0 Å². The minimum atomic E-state index is -4.81. The van der Waals surface area contributed by atoms with Crippen LogP contribution in [0.3, 0.4) is 0 Å². The molecular weight excluding hydrogens is 622 g/mol. The number of hydrogen-bond donors (Lipinski definition) is 3. The normalized spacial score (nSPS) is 15.3. The van der Waals surface area contributed by atoms with Gasteiger partial charge in [-0.05, 0) is 80.1 Å². The molecule has 0 radical (unpaired) electrons. The number of benzene rings is 3. The fraction of sp³-hybridized carbons (Fsp3) is 0.129. The summed E-state index contributed by atoms with van der Waals surface area (Å²) in [5, 5.41) is 8.82. The number of rotatable bonds is 8. The molecule has 3 aromatic rings. The number of nitrogens with zero attached hydrogens (tertiary/aromatic N) is 1. The Morgan fingerprint density at radius 2 is 1.58 bits per heavy atom. The van der Waals surface area contributed by atoms with Gasteiger partial charge in [0.2, 0.25) is 0 Å². The second kappa shape index (κ2) is 13.3. The lowest BCUT2D eigenvalue weighted by molar-refractivity contribution is -0.274. The molecular formula is C31H24F6N4O3S. The molecule has 0 bridgehead atoms. The molecule has 45 heavy (non-hydrogen) atoms. The number of amides is 2. The standard InChI is InChI=1S/C31H24F6N4O3S/c1-4-38-29-24(18(3)39-21-10-12-23(13-11-21)44-31(35,36)37)16-26(45-29)28(43)41-25-15-22(9-8-17(25)2)40-27(42)19-6-5-7-20(14-19)30(32,33)34/h4-16,39H,1H2,2-3H3,(H,40,42)(H,41,43)/b24-18+,38-29+. The molecule has 3 aromatic carbocycles. The molecule has 0 saturated heterocycles. The quantitative estimate of drug-likeness (QED) is 0.213. The summed E-state index contributed by atoms with van der Waals surface area (Å²) in [4.78, 5) is 30.4. The van der Waals surface area contributed by atoms with E-state index in [9.17, 15) is 35.9 Å². The lowest BCUT2D eigenvalue weighted by atomic mass is 10.1. The van der Waals surface area contributed by atoms with Gasteiger partial charge in [0.25, 0.3) is 11.8 Å². The van der Waals surface area contributed by atoms with E-state index in [0.717, 1.165) is 42.1 Å². The molecule has 0 fully saturated rings. The van der Waals surface area contributed by atoms with Crippen LogP contribution in [0.5, 0.6) is 5.75 Å². The molecule has 7 nitrogen and oxygen atoms in total. The van der Waals surface area contributed by atoms with Crippen LogP contribution in [0.2, 0.25) is 0 Å². The summed E-state index contributed by atoms with van der Waals surface area (Å²) in [6.07, 6.45) is -6.54. The van der Waals surface area contributed by atoms with Gasteiger partial charge in [-0.3, -0.25) is 9.59 Å². The number of halogens is 6. The fourth-order valence-corrected chi connectivity index (χ4v) is 5.00. The van der Waals surface area contributed by atoms with Crippen LogP contribution in [0, 0.1) is 6.92 Å². The third-order valence-electron chi connectivity index (χ3n) is 6.16. The number of hydrogen-bond acceptors (Lipinski definition) is 6. The zero-order chi connectivity index (χ0) is 32.9. The number of aliphatic imine (C=N–C) groups is 1. The van der Waals surface area contributed by atoms with Crippen molar-refractivity contribution in [3.63, 3.8) is 0 Å². The Morgan fingerprint density at radius 3 is 2.22 bits per heavy atom. The Bertz CT molecular complexity index is 1730. The van der Waals surface area contributed by atoms with Crippen LogP contribution in [0.25, 0.3) is 0 Å². The van der Waals surface area contributed by atoms with Gasteiger partial charge in [-0.25, -0.2) is 4.99 Å². The van der Waals surface area contributed by atoms with Gasteiger partial charge in [0, 0.05) is 40.1 Å². The topological polar surface area (TPSA) is 91.8 Å². The molecule has 1 heterocycles. The molecule has 0 aliphatic carbocycles. The van der Waals surface area contributed by atoms with Crippen molar-refractivity contribution in [3.8, 4) is 5.75 Å². The van der Waals surface area contributed by atoms with E-state index >= 15 is 0 Å². The van der Waals surface area contributed by atoms with E-state index in [4.69, 9.17) is 0 Å². The third-order valence-corrected chi connectivity index (χ3v) is 7.21. The first-order valence-electron chi connectivity index (χ1n) is 13.0. The predicted octanol–water partition coefficient (Wildman–Crippen LogP) is 8.66. The van der Waals surface area contributed by atoms with E-state index in [-0.39, 0.29) is 21.9 Å². The van der Waals surface area contributed by atoms with Crippen LogP contribution in [0.15, 0.2) is 107 Å². The summed E-state index contributed by atoms with van der Waals surface area (Å²) in [6, 6.07) is 13.8. The van der Waals surface area contributed by atoms with Crippen LogP contribution in [-0.4, -0.2) is 23.2 Å². The number of carbonyl (C=O) groups is 2. The number of aryl methyl sites for hydroxylation is 1. The fourth-order valence-electron chi connectivity index (χ4n) is 4.02. The third kappa shape index (κ3) is 8.79. The minimum absolute atomic E-state index is 0.189. The Labute approximate surface area is 257 Å². The molecule has 1 aliphatic heterocycles. The van der Waals surface area contributed by atoms with Gasteiger partial charge in [0.05, 0.1) is 10.5 Å². The predicted molar refractivity (Wildman–Crippen MR) is 162 cm³/mol. The first-order chi connectivity index (χ1) is 21.1. The van der Waals surface area contributed by atoms with Gasteiger partial charge in [-0.1, -0.05) is 30.5 Å². The van der Waals surface area contributed by atoms with Crippen LogP contribution in [0.1, 0.15) is 28.4 Å². The number of allylic oxidation sites excluding steroid dienone is 2. The van der Waals surface area contributed by atoms with Crippen molar-refractivity contribution < 1.29 is 40.7 Å².